The van der Waals surface area contributed by atoms with Crippen molar-refractivity contribution in [3.05, 3.63) is 29.8 Å². The van der Waals surface area contributed by atoms with Crippen molar-refractivity contribution in [2.24, 2.45) is 0 Å². The first-order chi connectivity index (χ1) is 8.45. The zero-order valence-corrected chi connectivity index (χ0v) is 12.0. The Kier molecular flexibility index (Phi) is 5.77. The molecule has 0 heterocycles. The Morgan fingerprint density at radius 1 is 1.28 bits per heavy atom. The Bertz CT molecular complexity index is 498. The molecule has 0 atom stereocenters. The summed E-state index contributed by atoms with van der Waals surface area (Å²) >= 11 is 3.28. The number of benzene rings is 1. The molecule has 0 fully saturated rings. The Morgan fingerprint density at radius 2 is 1.89 bits per heavy atom. The molecule has 0 bridgehead atoms. The summed E-state index contributed by atoms with van der Waals surface area (Å²) in [5.41, 5.74) is 0.986. The minimum absolute atomic E-state index is 0.0506. The third-order valence-electron chi connectivity index (χ3n) is 2.25. The summed E-state index contributed by atoms with van der Waals surface area (Å²) in [6, 6.07) is 6.49. The average molecular weight is 336 g/mol. The van der Waals surface area contributed by atoms with Gasteiger partial charge < -0.3 is 5.11 Å². The van der Waals surface area contributed by atoms with Gasteiger partial charge in [-0.25, -0.2) is 13.1 Å². The van der Waals surface area contributed by atoms with Crippen LogP contribution in [-0.4, -0.2) is 26.0 Å². The van der Waals surface area contributed by atoms with Crippen LogP contribution in [0.5, 0.6) is 0 Å². The number of alkyl halides is 1. The number of hydrogen-bond donors (Lipinski definition) is 2. The summed E-state index contributed by atoms with van der Waals surface area (Å²) in [7, 11) is -3.54. The molecule has 1 aromatic carbocycles. The van der Waals surface area contributed by atoms with Crippen LogP contribution >= 0.6 is 15.9 Å². The molecule has 100 valence electrons. The van der Waals surface area contributed by atoms with E-state index in [-0.39, 0.29) is 24.3 Å². The van der Waals surface area contributed by atoms with E-state index in [0.29, 0.717) is 5.33 Å². The lowest BCUT2D eigenvalue weighted by Crippen LogP contribution is -2.25. The van der Waals surface area contributed by atoms with Crippen molar-refractivity contribution in [2.75, 3.05) is 6.54 Å². The first-order valence-electron chi connectivity index (χ1n) is 5.32. The summed E-state index contributed by atoms with van der Waals surface area (Å²) < 4.78 is 26.0. The van der Waals surface area contributed by atoms with Crippen LogP contribution in [0.4, 0.5) is 0 Å². The minimum atomic E-state index is -3.54. The maximum Gasteiger partial charge on any atom is 0.303 e. The second kappa shape index (κ2) is 6.86. The molecule has 0 radical (unpaired) electrons. The zero-order valence-electron chi connectivity index (χ0n) is 9.60. The van der Waals surface area contributed by atoms with Crippen molar-refractivity contribution in [3.8, 4) is 0 Å². The van der Waals surface area contributed by atoms with Crippen molar-refractivity contribution in [3.63, 3.8) is 0 Å². The first kappa shape index (κ1) is 15.1. The van der Waals surface area contributed by atoms with Crippen molar-refractivity contribution in [1.29, 1.82) is 0 Å². The van der Waals surface area contributed by atoms with Crippen LogP contribution in [0.2, 0.25) is 0 Å². The third kappa shape index (κ3) is 4.75. The summed E-state index contributed by atoms with van der Waals surface area (Å²) in [5.74, 6) is -0.934. The second-order valence-electron chi connectivity index (χ2n) is 3.67. The fourth-order valence-electron chi connectivity index (χ4n) is 1.29. The van der Waals surface area contributed by atoms with Crippen LogP contribution in [0.25, 0.3) is 0 Å². The maximum absolute atomic E-state index is 11.8. The van der Waals surface area contributed by atoms with E-state index in [9.17, 15) is 13.2 Å². The van der Waals surface area contributed by atoms with E-state index in [0.717, 1.165) is 5.56 Å². The number of halogens is 1. The molecule has 0 aliphatic heterocycles. The molecule has 1 rings (SSSR count). The molecule has 0 saturated heterocycles. The highest BCUT2D eigenvalue weighted by Gasteiger charge is 2.12. The molecule has 0 unspecified atom stereocenters. The average Bonchev–Trinajstić information content (AvgIpc) is 2.34. The van der Waals surface area contributed by atoms with E-state index in [4.69, 9.17) is 5.11 Å². The fourth-order valence-corrected chi connectivity index (χ4v) is 2.74. The molecule has 5 nitrogen and oxygen atoms in total. The van der Waals surface area contributed by atoms with Crippen LogP contribution in [0.15, 0.2) is 29.2 Å². The molecule has 0 aliphatic rings. The molecule has 18 heavy (non-hydrogen) atoms. The highest BCUT2D eigenvalue weighted by atomic mass is 79.9. The van der Waals surface area contributed by atoms with Crippen molar-refractivity contribution >= 4 is 31.9 Å². The number of aliphatic carboxylic acids is 1. The molecule has 1 aromatic rings. The number of carboxylic acid groups (broad SMARTS) is 1. The number of hydrogen-bond acceptors (Lipinski definition) is 3. The van der Waals surface area contributed by atoms with Gasteiger partial charge in [-0.1, -0.05) is 28.1 Å². The molecule has 0 aliphatic carbocycles. The lowest BCUT2D eigenvalue weighted by atomic mass is 10.2. The predicted molar refractivity (Wildman–Crippen MR) is 71.1 cm³/mol. The Balaban J connectivity index is 2.59. The smallest absolute Gasteiger partial charge is 0.303 e. The van der Waals surface area contributed by atoms with E-state index in [2.05, 4.69) is 20.7 Å². The van der Waals surface area contributed by atoms with E-state index < -0.39 is 16.0 Å². The standard InChI is InChI=1S/C11H14BrNO4S/c12-8-9-3-5-10(6-4-9)18(16,17)13-7-1-2-11(14)15/h3-6,13H,1-2,7-8H2,(H,14,15). The lowest BCUT2D eigenvalue weighted by molar-refractivity contribution is -0.137. The van der Waals surface area contributed by atoms with Crippen molar-refractivity contribution in [1.82, 2.24) is 4.72 Å². The molecule has 2 N–H and O–H groups in total. The summed E-state index contributed by atoms with van der Waals surface area (Å²) in [5, 5.41) is 9.10. The van der Waals surface area contributed by atoms with Crippen LogP contribution in [0, 0.1) is 0 Å². The van der Waals surface area contributed by atoms with Gasteiger partial charge in [0.15, 0.2) is 0 Å². The second-order valence-corrected chi connectivity index (χ2v) is 6.00. The molecule has 0 aromatic heterocycles. The van der Waals surface area contributed by atoms with E-state index in [1.54, 1.807) is 12.1 Å². The number of carboxylic acids is 1. The lowest BCUT2D eigenvalue weighted by Gasteiger charge is -2.06. The topological polar surface area (TPSA) is 83.5 Å². The summed E-state index contributed by atoms with van der Waals surface area (Å²) in [6.07, 6.45) is 0.221. The van der Waals surface area contributed by atoms with Gasteiger partial charge in [-0.2, -0.15) is 0 Å². The van der Waals surface area contributed by atoms with Gasteiger partial charge in [0.05, 0.1) is 4.90 Å². The minimum Gasteiger partial charge on any atom is -0.481 e. The molecular formula is C11H14BrNO4S. The number of sulfonamides is 1. The molecule has 0 saturated carbocycles. The number of carbonyl (C=O) groups is 1. The van der Waals surface area contributed by atoms with Crippen molar-refractivity contribution in [2.45, 2.75) is 23.1 Å². The molecule has 7 heteroatoms. The van der Waals surface area contributed by atoms with E-state index in [1.165, 1.54) is 12.1 Å². The van der Waals surface area contributed by atoms with E-state index >= 15 is 0 Å². The zero-order chi connectivity index (χ0) is 13.6. The Labute approximate surface area is 114 Å². The normalized spacial score (nSPS) is 11.4. The molecule has 0 spiro atoms. The van der Waals surface area contributed by atoms with Crippen LogP contribution < -0.4 is 4.72 Å². The summed E-state index contributed by atoms with van der Waals surface area (Å²) in [4.78, 5) is 10.5. The van der Waals surface area contributed by atoms with E-state index in [1.807, 2.05) is 0 Å². The predicted octanol–water partition coefficient (Wildman–Crippen LogP) is 1.72. The van der Waals surface area contributed by atoms with Gasteiger partial charge in [0.2, 0.25) is 10.0 Å². The Hall–Kier alpha value is -0.920. The van der Waals surface area contributed by atoms with Crippen LogP contribution in [-0.2, 0) is 20.1 Å². The van der Waals surface area contributed by atoms with Gasteiger partial charge in [0.1, 0.15) is 0 Å². The van der Waals surface area contributed by atoms with Gasteiger partial charge in [-0.15, -0.1) is 0 Å². The quantitative estimate of drug-likeness (QED) is 0.587. The van der Waals surface area contributed by atoms with Crippen LogP contribution in [0.3, 0.4) is 0 Å². The van der Waals surface area contributed by atoms with Crippen LogP contribution in [0.1, 0.15) is 18.4 Å². The van der Waals surface area contributed by atoms with Gasteiger partial charge >= 0.3 is 5.97 Å². The largest absolute Gasteiger partial charge is 0.481 e. The SMILES string of the molecule is O=C(O)CCCNS(=O)(=O)c1ccc(CBr)cc1. The Morgan fingerprint density at radius 3 is 2.39 bits per heavy atom. The third-order valence-corrected chi connectivity index (χ3v) is 4.37. The monoisotopic (exact) mass is 335 g/mol. The fraction of sp³-hybridized carbons (Fsp3) is 0.364. The van der Waals surface area contributed by atoms with Gasteiger partial charge in [0, 0.05) is 18.3 Å². The van der Waals surface area contributed by atoms with Gasteiger partial charge in [0.25, 0.3) is 0 Å². The first-order valence-corrected chi connectivity index (χ1v) is 7.92. The summed E-state index contributed by atoms with van der Waals surface area (Å²) in [6.45, 7) is 0.120. The highest BCUT2D eigenvalue weighted by molar-refractivity contribution is 9.08. The van der Waals surface area contributed by atoms with Crippen molar-refractivity contribution < 1.29 is 18.3 Å². The maximum atomic E-state index is 11.8. The van der Waals surface area contributed by atoms with Gasteiger partial charge in [-0.05, 0) is 24.1 Å². The highest BCUT2D eigenvalue weighted by Crippen LogP contribution is 2.12. The molecular weight excluding hydrogens is 322 g/mol. The van der Waals surface area contributed by atoms with Gasteiger partial charge in [-0.3, -0.25) is 4.79 Å². The number of nitrogens with one attached hydrogen (secondary N) is 1. The number of rotatable bonds is 7. The molecule has 0 amide bonds.